The number of hydrogen-bond acceptors (Lipinski definition) is 4. The summed E-state index contributed by atoms with van der Waals surface area (Å²) in [7, 11) is 1.81. The highest BCUT2D eigenvalue weighted by Crippen LogP contribution is 2.23. The molecule has 2 N–H and O–H groups in total. The third-order valence-electron chi connectivity index (χ3n) is 2.63. The Bertz CT molecular complexity index is 363. The standard InChI is InChI=1S/C12H21N3OS/c1-4-5-6-7-8-14-11(16)10-9(2)15-17-12(10)13-3/h13H,4-8H2,1-3H3,(H,14,16). The van der Waals surface area contributed by atoms with Crippen molar-refractivity contribution in [1.82, 2.24) is 9.69 Å². The van der Waals surface area contributed by atoms with Crippen molar-refractivity contribution in [1.29, 1.82) is 0 Å². The van der Waals surface area contributed by atoms with Crippen molar-refractivity contribution < 1.29 is 4.79 Å². The quantitative estimate of drug-likeness (QED) is 0.737. The van der Waals surface area contributed by atoms with E-state index in [1.165, 1.54) is 30.8 Å². The van der Waals surface area contributed by atoms with Gasteiger partial charge < -0.3 is 10.6 Å². The molecule has 0 spiro atoms. The van der Waals surface area contributed by atoms with Crippen molar-refractivity contribution in [3.8, 4) is 0 Å². The Morgan fingerprint density at radius 2 is 2.12 bits per heavy atom. The fraction of sp³-hybridized carbons (Fsp3) is 0.667. The van der Waals surface area contributed by atoms with Crippen LogP contribution in [0.1, 0.15) is 48.7 Å². The van der Waals surface area contributed by atoms with E-state index < -0.39 is 0 Å². The Morgan fingerprint density at radius 1 is 1.35 bits per heavy atom. The van der Waals surface area contributed by atoms with Crippen molar-refractivity contribution in [2.45, 2.75) is 39.5 Å². The molecular weight excluding hydrogens is 234 g/mol. The number of aryl methyl sites for hydroxylation is 1. The lowest BCUT2D eigenvalue weighted by Crippen LogP contribution is -2.25. The van der Waals surface area contributed by atoms with Gasteiger partial charge in [-0.05, 0) is 24.9 Å². The summed E-state index contributed by atoms with van der Waals surface area (Å²) in [6.07, 6.45) is 4.67. The Balaban J connectivity index is 2.44. The molecule has 0 aliphatic carbocycles. The van der Waals surface area contributed by atoms with Crippen molar-refractivity contribution in [3.63, 3.8) is 0 Å². The minimum absolute atomic E-state index is 0.0166. The van der Waals surface area contributed by atoms with Gasteiger partial charge in [-0.1, -0.05) is 26.2 Å². The van der Waals surface area contributed by atoms with Crippen LogP contribution in [0.15, 0.2) is 0 Å². The van der Waals surface area contributed by atoms with Crippen molar-refractivity contribution >= 4 is 22.4 Å². The highest BCUT2D eigenvalue weighted by molar-refractivity contribution is 7.10. The van der Waals surface area contributed by atoms with Gasteiger partial charge in [-0.25, -0.2) is 0 Å². The number of amides is 1. The number of carbonyl (C=O) groups excluding carboxylic acids is 1. The maximum atomic E-state index is 12.0. The molecule has 0 atom stereocenters. The molecule has 0 aromatic carbocycles. The number of hydrogen-bond donors (Lipinski definition) is 2. The Hall–Kier alpha value is -1.10. The molecule has 1 rings (SSSR count). The molecule has 0 aliphatic rings. The molecule has 1 heterocycles. The van der Waals surface area contributed by atoms with E-state index in [0.29, 0.717) is 5.56 Å². The lowest BCUT2D eigenvalue weighted by Gasteiger charge is -2.06. The predicted molar refractivity (Wildman–Crippen MR) is 72.9 cm³/mol. The molecule has 1 aromatic heterocycles. The molecule has 0 radical (unpaired) electrons. The molecule has 0 unspecified atom stereocenters. The van der Waals surface area contributed by atoms with Gasteiger partial charge in [-0.15, -0.1) is 0 Å². The number of nitrogens with zero attached hydrogens (tertiary/aromatic N) is 1. The average Bonchev–Trinajstić information content (AvgIpc) is 2.70. The largest absolute Gasteiger partial charge is 0.378 e. The lowest BCUT2D eigenvalue weighted by atomic mass is 10.2. The van der Waals surface area contributed by atoms with E-state index in [-0.39, 0.29) is 5.91 Å². The molecule has 1 amide bonds. The third kappa shape index (κ3) is 4.00. The van der Waals surface area contributed by atoms with E-state index >= 15 is 0 Å². The minimum atomic E-state index is -0.0166. The van der Waals surface area contributed by atoms with Gasteiger partial charge in [0.2, 0.25) is 0 Å². The third-order valence-corrected chi connectivity index (χ3v) is 3.59. The van der Waals surface area contributed by atoms with Crippen LogP contribution in [0.25, 0.3) is 0 Å². The number of unbranched alkanes of at least 4 members (excludes halogenated alkanes) is 3. The summed E-state index contributed by atoms with van der Waals surface area (Å²) < 4.78 is 4.18. The number of rotatable bonds is 7. The van der Waals surface area contributed by atoms with Crippen molar-refractivity contribution in [3.05, 3.63) is 11.3 Å². The summed E-state index contributed by atoms with van der Waals surface area (Å²) in [4.78, 5) is 12.0. The van der Waals surface area contributed by atoms with Gasteiger partial charge >= 0.3 is 0 Å². The Labute approximate surface area is 107 Å². The van der Waals surface area contributed by atoms with Crippen LogP contribution < -0.4 is 10.6 Å². The molecule has 0 saturated heterocycles. The SMILES string of the molecule is CCCCCCNC(=O)c1c(C)nsc1NC. The van der Waals surface area contributed by atoms with Gasteiger partial charge in [0.15, 0.2) is 0 Å². The first-order valence-corrected chi connectivity index (χ1v) is 6.90. The highest BCUT2D eigenvalue weighted by atomic mass is 32.1. The van der Waals surface area contributed by atoms with E-state index in [9.17, 15) is 4.79 Å². The predicted octanol–water partition coefficient (Wildman–Crippen LogP) is 2.80. The van der Waals surface area contributed by atoms with Crippen molar-refractivity contribution in [2.24, 2.45) is 0 Å². The smallest absolute Gasteiger partial charge is 0.256 e. The highest BCUT2D eigenvalue weighted by Gasteiger charge is 2.16. The van der Waals surface area contributed by atoms with Crippen LogP contribution in [-0.2, 0) is 0 Å². The molecule has 0 saturated carbocycles. The summed E-state index contributed by atoms with van der Waals surface area (Å²) in [5, 5.41) is 6.79. The van der Waals surface area contributed by atoms with Crippen LogP contribution in [0.4, 0.5) is 5.00 Å². The molecule has 0 fully saturated rings. The average molecular weight is 255 g/mol. The van der Waals surface area contributed by atoms with Crippen LogP contribution in [-0.4, -0.2) is 23.9 Å². The second kappa shape index (κ2) is 7.27. The van der Waals surface area contributed by atoms with Crippen molar-refractivity contribution in [2.75, 3.05) is 18.9 Å². The first kappa shape index (κ1) is 14.0. The van der Waals surface area contributed by atoms with E-state index in [1.54, 1.807) is 0 Å². The fourth-order valence-electron chi connectivity index (χ4n) is 1.65. The first-order valence-electron chi connectivity index (χ1n) is 6.13. The van der Waals surface area contributed by atoms with E-state index in [0.717, 1.165) is 23.7 Å². The zero-order valence-electron chi connectivity index (χ0n) is 10.8. The maximum absolute atomic E-state index is 12.0. The fourth-order valence-corrected chi connectivity index (χ4v) is 2.39. The van der Waals surface area contributed by atoms with Gasteiger partial charge in [-0.2, -0.15) is 4.37 Å². The maximum Gasteiger partial charge on any atom is 0.256 e. The van der Waals surface area contributed by atoms with E-state index in [1.807, 2.05) is 14.0 Å². The van der Waals surface area contributed by atoms with Gasteiger partial charge in [0.05, 0.1) is 11.3 Å². The summed E-state index contributed by atoms with van der Waals surface area (Å²) in [6, 6.07) is 0. The summed E-state index contributed by atoms with van der Waals surface area (Å²) in [5.41, 5.74) is 1.48. The number of carbonyl (C=O) groups is 1. The van der Waals surface area contributed by atoms with Crippen LogP contribution in [0.2, 0.25) is 0 Å². The molecule has 96 valence electrons. The number of nitrogens with one attached hydrogen (secondary N) is 2. The van der Waals surface area contributed by atoms with Gasteiger partial charge in [0, 0.05) is 13.6 Å². The van der Waals surface area contributed by atoms with E-state index in [2.05, 4.69) is 21.9 Å². The summed E-state index contributed by atoms with van der Waals surface area (Å²) in [6.45, 7) is 4.79. The van der Waals surface area contributed by atoms with Crippen LogP contribution in [0.3, 0.4) is 0 Å². The molecule has 5 heteroatoms. The van der Waals surface area contributed by atoms with Gasteiger partial charge in [0.1, 0.15) is 5.00 Å². The summed E-state index contributed by atoms with van der Waals surface area (Å²) >= 11 is 1.33. The lowest BCUT2D eigenvalue weighted by molar-refractivity contribution is 0.0953. The molecular formula is C12H21N3OS. The zero-order valence-corrected chi connectivity index (χ0v) is 11.6. The zero-order chi connectivity index (χ0) is 12.7. The van der Waals surface area contributed by atoms with Gasteiger partial charge in [-0.3, -0.25) is 4.79 Å². The summed E-state index contributed by atoms with van der Waals surface area (Å²) in [5.74, 6) is -0.0166. The van der Waals surface area contributed by atoms with Gasteiger partial charge in [0.25, 0.3) is 5.91 Å². The van der Waals surface area contributed by atoms with Crippen LogP contribution in [0, 0.1) is 6.92 Å². The van der Waals surface area contributed by atoms with E-state index in [4.69, 9.17) is 0 Å². The number of anilines is 1. The molecule has 1 aromatic rings. The Kier molecular flexibility index (Phi) is 5.97. The number of aromatic nitrogens is 1. The Morgan fingerprint density at radius 3 is 2.76 bits per heavy atom. The van der Waals surface area contributed by atoms with Crippen LogP contribution in [0.5, 0.6) is 0 Å². The normalized spacial score (nSPS) is 10.3. The molecule has 0 bridgehead atoms. The topological polar surface area (TPSA) is 54.0 Å². The van der Waals surface area contributed by atoms with Crippen LogP contribution >= 0.6 is 11.5 Å². The first-order chi connectivity index (χ1) is 8.20. The minimum Gasteiger partial charge on any atom is -0.378 e. The second-order valence-electron chi connectivity index (χ2n) is 4.04. The molecule has 4 nitrogen and oxygen atoms in total. The molecule has 0 aliphatic heterocycles. The second-order valence-corrected chi connectivity index (χ2v) is 4.81. The molecule has 17 heavy (non-hydrogen) atoms. The monoisotopic (exact) mass is 255 g/mol.